The van der Waals surface area contributed by atoms with E-state index < -0.39 is 0 Å². The normalized spacial score (nSPS) is 11.3. The van der Waals surface area contributed by atoms with Crippen LogP contribution in [0.15, 0.2) is 39.8 Å². The SMILES string of the molecule is CCNC(=NCCc1nc(C)no1)NCCOc1ccccc1. The molecule has 0 saturated carbocycles. The van der Waals surface area contributed by atoms with Gasteiger partial charge < -0.3 is 19.9 Å². The van der Waals surface area contributed by atoms with Gasteiger partial charge in [-0.3, -0.25) is 4.99 Å². The first-order valence-electron chi connectivity index (χ1n) is 7.77. The van der Waals surface area contributed by atoms with Crippen LogP contribution in [0.2, 0.25) is 0 Å². The second-order valence-electron chi connectivity index (χ2n) is 4.83. The molecule has 0 radical (unpaired) electrons. The van der Waals surface area contributed by atoms with Crippen molar-refractivity contribution in [1.29, 1.82) is 0 Å². The molecule has 2 rings (SSSR count). The van der Waals surface area contributed by atoms with Gasteiger partial charge in [0.05, 0.1) is 13.1 Å². The minimum atomic E-state index is 0.567. The monoisotopic (exact) mass is 317 g/mol. The molecule has 0 unspecified atom stereocenters. The topological polar surface area (TPSA) is 84.6 Å². The average Bonchev–Trinajstić information content (AvgIpc) is 2.98. The molecule has 0 fully saturated rings. The van der Waals surface area contributed by atoms with Gasteiger partial charge in [0.1, 0.15) is 12.4 Å². The standard InChI is InChI=1S/C16H23N5O2/c1-3-17-16(18-10-9-15-20-13(2)21-23-15)19-11-12-22-14-7-5-4-6-8-14/h4-8H,3,9-12H2,1-2H3,(H2,17,18,19). The van der Waals surface area contributed by atoms with Crippen LogP contribution in [0.4, 0.5) is 0 Å². The molecule has 0 atom stereocenters. The summed E-state index contributed by atoms with van der Waals surface area (Å²) in [5.41, 5.74) is 0. The Morgan fingerprint density at radius 3 is 2.78 bits per heavy atom. The maximum Gasteiger partial charge on any atom is 0.228 e. The Kier molecular flexibility index (Phi) is 6.90. The van der Waals surface area contributed by atoms with Crippen LogP contribution >= 0.6 is 0 Å². The van der Waals surface area contributed by atoms with Gasteiger partial charge in [-0.15, -0.1) is 0 Å². The molecule has 7 heteroatoms. The summed E-state index contributed by atoms with van der Waals surface area (Å²) in [7, 11) is 0. The number of benzene rings is 1. The predicted octanol–water partition coefficient (Wildman–Crippen LogP) is 1.55. The summed E-state index contributed by atoms with van der Waals surface area (Å²) in [6, 6.07) is 9.74. The Labute approximate surface area is 136 Å². The van der Waals surface area contributed by atoms with Crippen LogP contribution in [0.25, 0.3) is 0 Å². The molecular formula is C16H23N5O2. The van der Waals surface area contributed by atoms with Gasteiger partial charge in [-0.1, -0.05) is 23.4 Å². The van der Waals surface area contributed by atoms with Gasteiger partial charge in [0, 0.05) is 13.0 Å². The van der Waals surface area contributed by atoms with Crippen molar-refractivity contribution in [3.05, 3.63) is 42.0 Å². The van der Waals surface area contributed by atoms with Crippen molar-refractivity contribution < 1.29 is 9.26 Å². The van der Waals surface area contributed by atoms with Crippen molar-refractivity contribution in [1.82, 2.24) is 20.8 Å². The Morgan fingerprint density at radius 2 is 2.09 bits per heavy atom. The lowest BCUT2D eigenvalue weighted by Crippen LogP contribution is -2.39. The highest BCUT2D eigenvalue weighted by Crippen LogP contribution is 2.07. The molecule has 0 aliphatic rings. The van der Waals surface area contributed by atoms with Gasteiger partial charge in [0.2, 0.25) is 5.89 Å². The van der Waals surface area contributed by atoms with E-state index in [0.29, 0.717) is 37.8 Å². The molecule has 2 aromatic rings. The number of aliphatic imine (C=N–C) groups is 1. The first-order valence-corrected chi connectivity index (χ1v) is 7.77. The number of hydrogen-bond donors (Lipinski definition) is 2. The molecule has 2 N–H and O–H groups in total. The van der Waals surface area contributed by atoms with E-state index >= 15 is 0 Å². The van der Waals surface area contributed by atoms with Crippen LogP contribution in [0.3, 0.4) is 0 Å². The number of guanidine groups is 1. The lowest BCUT2D eigenvalue weighted by atomic mass is 10.3. The van der Waals surface area contributed by atoms with Crippen molar-refractivity contribution >= 4 is 5.96 Å². The maximum atomic E-state index is 5.63. The Balaban J connectivity index is 1.70. The Morgan fingerprint density at radius 1 is 1.26 bits per heavy atom. The largest absolute Gasteiger partial charge is 0.492 e. The maximum absolute atomic E-state index is 5.63. The third-order valence-corrected chi connectivity index (χ3v) is 2.92. The first-order chi connectivity index (χ1) is 11.3. The van der Waals surface area contributed by atoms with Crippen LogP contribution in [-0.2, 0) is 6.42 Å². The van der Waals surface area contributed by atoms with E-state index in [4.69, 9.17) is 9.26 Å². The molecular weight excluding hydrogens is 294 g/mol. The number of ether oxygens (including phenoxy) is 1. The van der Waals surface area contributed by atoms with E-state index in [9.17, 15) is 0 Å². The average molecular weight is 317 g/mol. The fourth-order valence-electron chi connectivity index (χ4n) is 1.90. The first kappa shape index (κ1) is 16.8. The molecule has 0 amide bonds. The number of aromatic nitrogens is 2. The Hall–Kier alpha value is -2.57. The molecule has 0 spiro atoms. The third kappa shape index (κ3) is 6.37. The number of nitrogens with zero attached hydrogens (tertiary/aromatic N) is 3. The molecule has 0 aliphatic heterocycles. The van der Waals surface area contributed by atoms with Gasteiger partial charge >= 0.3 is 0 Å². The zero-order valence-electron chi connectivity index (χ0n) is 13.6. The van der Waals surface area contributed by atoms with E-state index in [1.54, 1.807) is 6.92 Å². The molecule has 1 aromatic carbocycles. The van der Waals surface area contributed by atoms with Crippen LogP contribution in [0.1, 0.15) is 18.6 Å². The van der Waals surface area contributed by atoms with Crippen LogP contribution < -0.4 is 15.4 Å². The fraction of sp³-hybridized carbons (Fsp3) is 0.438. The van der Waals surface area contributed by atoms with Crippen LogP contribution in [-0.4, -0.2) is 42.3 Å². The molecule has 0 saturated heterocycles. The van der Waals surface area contributed by atoms with Gasteiger partial charge in [0.25, 0.3) is 0 Å². The molecule has 0 bridgehead atoms. The number of para-hydroxylation sites is 1. The minimum absolute atomic E-state index is 0.567. The zero-order valence-corrected chi connectivity index (χ0v) is 13.6. The van der Waals surface area contributed by atoms with E-state index in [2.05, 4.69) is 25.8 Å². The highest BCUT2D eigenvalue weighted by atomic mass is 16.5. The summed E-state index contributed by atoms with van der Waals surface area (Å²) in [4.78, 5) is 8.63. The quantitative estimate of drug-likeness (QED) is 0.437. The summed E-state index contributed by atoms with van der Waals surface area (Å²) in [5.74, 6) is 2.87. The smallest absolute Gasteiger partial charge is 0.228 e. The molecule has 1 heterocycles. The molecule has 0 aliphatic carbocycles. The summed E-state index contributed by atoms with van der Waals surface area (Å²) >= 11 is 0. The van der Waals surface area contributed by atoms with Crippen LogP contribution in [0.5, 0.6) is 5.75 Å². The molecule has 1 aromatic heterocycles. The summed E-state index contributed by atoms with van der Waals surface area (Å²) < 4.78 is 10.7. The van der Waals surface area contributed by atoms with E-state index in [1.165, 1.54) is 0 Å². The minimum Gasteiger partial charge on any atom is -0.492 e. The Bertz CT molecular complexity index is 598. The highest BCUT2D eigenvalue weighted by molar-refractivity contribution is 5.79. The van der Waals surface area contributed by atoms with E-state index in [-0.39, 0.29) is 0 Å². The summed E-state index contributed by atoms with van der Waals surface area (Å²) in [6.45, 7) is 6.44. The number of nitrogens with one attached hydrogen (secondary N) is 2. The van der Waals surface area contributed by atoms with Crippen molar-refractivity contribution in [3.63, 3.8) is 0 Å². The number of rotatable bonds is 8. The molecule has 7 nitrogen and oxygen atoms in total. The lowest BCUT2D eigenvalue weighted by molar-refractivity contribution is 0.322. The van der Waals surface area contributed by atoms with Gasteiger partial charge in [-0.25, -0.2) is 0 Å². The molecule has 124 valence electrons. The summed E-state index contributed by atoms with van der Waals surface area (Å²) in [5, 5.41) is 10.2. The van der Waals surface area contributed by atoms with Gasteiger partial charge in [0.15, 0.2) is 11.8 Å². The highest BCUT2D eigenvalue weighted by Gasteiger charge is 2.02. The lowest BCUT2D eigenvalue weighted by Gasteiger charge is -2.11. The van der Waals surface area contributed by atoms with Crippen molar-refractivity contribution in [3.8, 4) is 5.75 Å². The van der Waals surface area contributed by atoms with E-state index in [1.807, 2.05) is 37.3 Å². The van der Waals surface area contributed by atoms with Crippen molar-refractivity contribution in [2.75, 3.05) is 26.2 Å². The summed E-state index contributed by atoms with van der Waals surface area (Å²) in [6.07, 6.45) is 0.623. The number of aryl methyl sites for hydroxylation is 1. The van der Waals surface area contributed by atoms with Crippen LogP contribution in [0, 0.1) is 6.92 Å². The second kappa shape index (κ2) is 9.45. The second-order valence-corrected chi connectivity index (χ2v) is 4.83. The third-order valence-electron chi connectivity index (χ3n) is 2.92. The predicted molar refractivity (Wildman–Crippen MR) is 88.7 cm³/mol. The van der Waals surface area contributed by atoms with E-state index in [0.717, 1.165) is 18.3 Å². The van der Waals surface area contributed by atoms with Crippen molar-refractivity contribution in [2.24, 2.45) is 4.99 Å². The van der Waals surface area contributed by atoms with Gasteiger partial charge in [-0.05, 0) is 26.0 Å². The van der Waals surface area contributed by atoms with Gasteiger partial charge in [-0.2, -0.15) is 4.98 Å². The molecule has 23 heavy (non-hydrogen) atoms. The fourth-order valence-corrected chi connectivity index (χ4v) is 1.90. The van der Waals surface area contributed by atoms with Crippen molar-refractivity contribution in [2.45, 2.75) is 20.3 Å². The number of hydrogen-bond acceptors (Lipinski definition) is 5. The zero-order chi connectivity index (χ0) is 16.3.